The summed E-state index contributed by atoms with van der Waals surface area (Å²) >= 11 is 0. The van der Waals surface area contributed by atoms with Crippen molar-refractivity contribution in [2.24, 2.45) is 0 Å². The number of amides is 2. The van der Waals surface area contributed by atoms with Crippen molar-refractivity contribution in [3.8, 4) is 0 Å². The molecule has 168 valence electrons. The summed E-state index contributed by atoms with van der Waals surface area (Å²) in [5.74, 6) is -0.168. The standard InChI is InChI=1S/C18H25N7O6/c1-3-24(18(29)30-2)6-9-22-14(19)10-15(23-9)25(7-20-10)17-12(27)11(26)13(31-17)16(28)21-8-4-5-8/h7-8,11-13,17,26-27H,3-6H2,1-2H3,(H,21,28)(H2,19,22,23)/t11?,12?,13-,17+/m0/s1. The molecule has 1 aliphatic heterocycles. The van der Waals surface area contributed by atoms with Crippen LogP contribution in [0.4, 0.5) is 10.6 Å². The highest BCUT2D eigenvalue weighted by molar-refractivity contribution is 5.83. The van der Waals surface area contributed by atoms with Crippen LogP contribution in [0.2, 0.25) is 0 Å². The normalized spacial score (nSPS) is 25.5. The number of nitrogens with two attached hydrogens (primary N) is 1. The topological polar surface area (TPSA) is 178 Å². The van der Waals surface area contributed by atoms with E-state index in [1.54, 1.807) is 6.92 Å². The average Bonchev–Trinajstić information content (AvgIpc) is 3.39. The lowest BCUT2D eigenvalue weighted by atomic mass is 10.1. The number of aromatic nitrogens is 4. The third-order valence-corrected chi connectivity index (χ3v) is 5.34. The van der Waals surface area contributed by atoms with E-state index in [9.17, 15) is 19.8 Å². The highest BCUT2D eigenvalue weighted by Gasteiger charge is 2.48. The van der Waals surface area contributed by atoms with Gasteiger partial charge in [0.2, 0.25) is 0 Å². The molecule has 2 amide bonds. The summed E-state index contributed by atoms with van der Waals surface area (Å²) in [4.78, 5) is 38.4. The number of hydrogen-bond acceptors (Lipinski definition) is 10. The minimum atomic E-state index is -1.42. The summed E-state index contributed by atoms with van der Waals surface area (Å²) in [5, 5.41) is 23.7. The van der Waals surface area contributed by atoms with Gasteiger partial charge in [-0.15, -0.1) is 0 Å². The fourth-order valence-electron chi connectivity index (χ4n) is 3.46. The number of rotatable bonds is 6. The minimum absolute atomic E-state index is 0.0393. The molecule has 4 rings (SSSR count). The van der Waals surface area contributed by atoms with Crippen molar-refractivity contribution in [2.75, 3.05) is 19.4 Å². The predicted octanol–water partition coefficient (Wildman–Crippen LogP) is -1.11. The third-order valence-electron chi connectivity index (χ3n) is 5.34. The molecule has 2 aliphatic rings. The first-order valence-corrected chi connectivity index (χ1v) is 9.97. The van der Waals surface area contributed by atoms with Gasteiger partial charge in [-0.3, -0.25) is 9.36 Å². The van der Waals surface area contributed by atoms with E-state index in [0.717, 1.165) is 12.8 Å². The van der Waals surface area contributed by atoms with Crippen LogP contribution in [0.25, 0.3) is 11.2 Å². The first-order chi connectivity index (χ1) is 14.8. The molecule has 4 atom stereocenters. The maximum absolute atomic E-state index is 12.4. The van der Waals surface area contributed by atoms with Gasteiger partial charge in [-0.1, -0.05) is 0 Å². The molecule has 1 saturated heterocycles. The van der Waals surface area contributed by atoms with Crippen LogP contribution in [0.5, 0.6) is 0 Å². The Bertz CT molecular complexity index is 993. The van der Waals surface area contributed by atoms with Crippen LogP contribution in [-0.4, -0.2) is 84.6 Å². The number of aliphatic hydroxyl groups excluding tert-OH is 2. The molecule has 2 aromatic heterocycles. The number of carbonyl (C=O) groups excluding carboxylic acids is 2. The summed E-state index contributed by atoms with van der Waals surface area (Å²) in [6.07, 6.45) is -2.59. The number of fused-ring (bicyclic) bond motifs is 1. The summed E-state index contributed by atoms with van der Waals surface area (Å²) < 4.78 is 11.8. The van der Waals surface area contributed by atoms with Gasteiger partial charge in [-0.2, -0.15) is 0 Å². The number of hydrogen-bond donors (Lipinski definition) is 4. The maximum Gasteiger partial charge on any atom is 0.409 e. The maximum atomic E-state index is 12.4. The zero-order valence-corrected chi connectivity index (χ0v) is 17.1. The predicted molar refractivity (Wildman–Crippen MR) is 105 cm³/mol. The largest absolute Gasteiger partial charge is 0.453 e. The van der Waals surface area contributed by atoms with Gasteiger partial charge in [0.05, 0.1) is 20.0 Å². The Hall–Kier alpha value is -3.03. The van der Waals surface area contributed by atoms with E-state index in [0.29, 0.717) is 6.54 Å². The second kappa shape index (κ2) is 8.24. The number of carbonyl (C=O) groups is 2. The molecule has 31 heavy (non-hydrogen) atoms. The fraction of sp³-hybridized carbons (Fsp3) is 0.611. The van der Waals surface area contributed by atoms with Crippen LogP contribution < -0.4 is 11.1 Å². The smallest absolute Gasteiger partial charge is 0.409 e. The minimum Gasteiger partial charge on any atom is -0.453 e. The average molecular weight is 435 g/mol. The van der Waals surface area contributed by atoms with Crippen molar-refractivity contribution in [3.05, 3.63) is 12.2 Å². The van der Waals surface area contributed by atoms with E-state index >= 15 is 0 Å². The lowest BCUT2D eigenvalue weighted by Gasteiger charge is -2.19. The van der Waals surface area contributed by atoms with Crippen molar-refractivity contribution in [2.45, 2.75) is 56.9 Å². The van der Waals surface area contributed by atoms with E-state index < -0.39 is 36.5 Å². The Labute approximate surface area is 177 Å². The molecule has 0 radical (unpaired) electrons. The number of imidazole rings is 1. The van der Waals surface area contributed by atoms with Crippen LogP contribution >= 0.6 is 0 Å². The number of methoxy groups -OCH3 is 1. The van der Waals surface area contributed by atoms with Gasteiger partial charge in [0.25, 0.3) is 5.91 Å². The van der Waals surface area contributed by atoms with E-state index in [-0.39, 0.29) is 35.4 Å². The Morgan fingerprint density at radius 3 is 2.74 bits per heavy atom. The summed E-state index contributed by atoms with van der Waals surface area (Å²) in [7, 11) is 1.28. The molecule has 0 spiro atoms. The molecule has 2 fully saturated rings. The quantitative estimate of drug-likeness (QED) is 0.435. The molecule has 1 aliphatic carbocycles. The third kappa shape index (κ3) is 3.98. The molecule has 0 bridgehead atoms. The number of ether oxygens (including phenoxy) is 2. The molecule has 0 aromatic carbocycles. The zero-order chi connectivity index (χ0) is 22.3. The summed E-state index contributed by atoms with van der Waals surface area (Å²) in [5.41, 5.74) is 6.52. The van der Waals surface area contributed by atoms with Gasteiger partial charge in [0.1, 0.15) is 17.7 Å². The fourth-order valence-corrected chi connectivity index (χ4v) is 3.46. The van der Waals surface area contributed by atoms with Crippen LogP contribution in [0, 0.1) is 0 Å². The molecular formula is C18H25N7O6. The Balaban J connectivity index is 1.62. The van der Waals surface area contributed by atoms with E-state index in [4.69, 9.17) is 15.2 Å². The molecule has 3 heterocycles. The van der Waals surface area contributed by atoms with Crippen LogP contribution in [0.15, 0.2) is 6.33 Å². The molecule has 2 aromatic rings. The van der Waals surface area contributed by atoms with E-state index in [2.05, 4.69) is 20.3 Å². The van der Waals surface area contributed by atoms with E-state index in [1.165, 1.54) is 22.9 Å². The summed E-state index contributed by atoms with van der Waals surface area (Å²) in [6.45, 7) is 2.18. The molecule has 13 nitrogen and oxygen atoms in total. The van der Waals surface area contributed by atoms with Gasteiger partial charge in [0.15, 0.2) is 29.6 Å². The highest BCUT2D eigenvalue weighted by atomic mass is 16.6. The van der Waals surface area contributed by atoms with Crippen molar-refractivity contribution < 1.29 is 29.3 Å². The zero-order valence-electron chi connectivity index (χ0n) is 17.1. The number of nitrogens with one attached hydrogen (secondary N) is 1. The molecule has 1 saturated carbocycles. The van der Waals surface area contributed by atoms with Gasteiger partial charge >= 0.3 is 6.09 Å². The van der Waals surface area contributed by atoms with E-state index in [1.807, 2.05) is 0 Å². The van der Waals surface area contributed by atoms with Crippen LogP contribution in [-0.2, 0) is 20.8 Å². The summed E-state index contributed by atoms with van der Waals surface area (Å²) in [6, 6.07) is 0.0833. The second-order valence-corrected chi connectivity index (χ2v) is 7.54. The second-order valence-electron chi connectivity index (χ2n) is 7.54. The molecular weight excluding hydrogens is 410 g/mol. The Morgan fingerprint density at radius 2 is 2.10 bits per heavy atom. The van der Waals surface area contributed by atoms with Gasteiger partial charge in [0, 0.05) is 12.6 Å². The molecule has 5 N–H and O–H groups in total. The molecule has 2 unspecified atom stereocenters. The number of nitrogen functional groups attached to an aromatic ring is 1. The lowest BCUT2D eigenvalue weighted by molar-refractivity contribution is -0.137. The number of aliphatic hydroxyl groups is 2. The van der Waals surface area contributed by atoms with Gasteiger partial charge in [-0.25, -0.2) is 19.7 Å². The van der Waals surface area contributed by atoms with Crippen molar-refractivity contribution in [1.82, 2.24) is 29.7 Å². The van der Waals surface area contributed by atoms with Crippen molar-refractivity contribution in [1.29, 1.82) is 0 Å². The van der Waals surface area contributed by atoms with Crippen molar-refractivity contribution >= 4 is 29.0 Å². The monoisotopic (exact) mass is 435 g/mol. The number of anilines is 1. The first kappa shape index (κ1) is 21.2. The highest BCUT2D eigenvalue weighted by Crippen LogP contribution is 2.33. The van der Waals surface area contributed by atoms with Crippen LogP contribution in [0.3, 0.4) is 0 Å². The first-order valence-electron chi connectivity index (χ1n) is 9.97. The SMILES string of the molecule is CCN(Cc1nc(N)c2ncn([C@@H]3O[C@H](C(=O)NC4CC4)C(O)C3O)c2n1)C(=O)OC. The Morgan fingerprint density at radius 1 is 1.35 bits per heavy atom. The molecule has 13 heteroatoms. The lowest BCUT2D eigenvalue weighted by Crippen LogP contribution is -2.43. The number of nitrogens with zero attached hydrogens (tertiary/aromatic N) is 5. The van der Waals surface area contributed by atoms with Crippen molar-refractivity contribution in [3.63, 3.8) is 0 Å². The Kier molecular flexibility index (Phi) is 5.64. The van der Waals surface area contributed by atoms with Gasteiger partial charge < -0.3 is 35.6 Å². The van der Waals surface area contributed by atoms with Crippen LogP contribution in [0.1, 0.15) is 31.8 Å². The van der Waals surface area contributed by atoms with Gasteiger partial charge in [-0.05, 0) is 19.8 Å².